The smallest absolute Gasteiger partial charge is 0.261 e. The molecule has 0 unspecified atom stereocenters. The lowest BCUT2D eigenvalue weighted by molar-refractivity contribution is -0.142. The molecular formula is C23H28Cl2N2O3. The molecule has 2 aromatic rings. The number of carbonyl (C=O) groups excluding carboxylic acids is 2. The number of halogens is 2. The van der Waals surface area contributed by atoms with E-state index < -0.39 is 6.04 Å². The van der Waals surface area contributed by atoms with E-state index in [1.807, 2.05) is 45.9 Å². The van der Waals surface area contributed by atoms with Gasteiger partial charge in [0.05, 0.1) is 0 Å². The van der Waals surface area contributed by atoms with E-state index in [-0.39, 0.29) is 31.0 Å². The molecule has 0 saturated heterocycles. The van der Waals surface area contributed by atoms with Gasteiger partial charge < -0.3 is 15.0 Å². The van der Waals surface area contributed by atoms with E-state index in [1.165, 1.54) is 4.90 Å². The average Bonchev–Trinajstić information content (AvgIpc) is 2.63. The first-order chi connectivity index (χ1) is 14.1. The fraction of sp³-hybridized carbons (Fsp3) is 0.391. The molecule has 0 aliphatic rings. The van der Waals surface area contributed by atoms with Gasteiger partial charge in [0, 0.05) is 22.6 Å². The third kappa shape index (κ3) is 6.92. The molecule has 162 valence electrons. The zero-order valence-electron chi connectivity index (χ0n) is 18.0. The van der Waals surface area contributed by atoms with Crippen LogP contribution in [0, 0.1) is 13.8 Å². The normalized spacial score (nSPS) is 11.9. The first-order valence-electron chi connectivity index (χ1n) is 9.81. The molecule has 1 N–H and O–H groups in total. The first kappa shape index (κ1) is 24.0. The molecular weight excluding hydrogens is 423 g/mol. The molecule has 0 saturated carbocycles. The van der Waals surface area contributed by atoms with Crippen LogP contribution in [0.25, 0.3) is 0 Å². The highest BCUT2D eigenvalue weighted by Gasteiger charge is 2.27. The van der Waals surface area contributed by atoms with Gasteiger partial charge in [0.15, 0.2) is 6.61 Å². The highest BCUT2D eigenvalue weighted by atomic mass is 35.5. The summed E-state index contributed by atoms with van der Waals surface area (Å²) in [7, 11) is 0. The highest BCUT2D eigenvalue weighted by molar-refractivity contribution is 6.35. The van der Waals surface area contributed by atoms with Crippen molar-refractivity contribution in [2.45, 2.75) is 53.2 Å². The van der Waals surface area contributed by atoms with Gasteiger partial charge in [-0.1, -0.05) is 35.3 Å². The number of ether oxygens (including phenoxy) is 1. The summed E-state index contributed by atoms with van der Waals surface area (Å²) in [5.74, 6) is 0.0611. The minimum atomic E-state index is -0.700. The van der Waals surface area contributed by atoms with E-state index in [0.717, 1.165) is 11.1 Å². The van der Waals surface area contributed by atoms with Gasteiger partial charge in [0.25, 0.3) is 5.91 Å². The molecule has 30 heavy (non-hydrogen) atoms. The van der Waals surface area contributed by atoms with Crippen LogP contribution in [0.1, 0.15) is 37.5 Å². The van der Waals surface area contributed by atoms with Crippen LogP contribution in [0.5, 0.6) is 5.75 Å². The Labute approximate surface area is 188 Å². The van der Waals surface area contributed by atoms with Crippen molar-refractivity contribution in [3.8, 4) is 5.75 Å². The number of hydrogen-bond donors (Lipinski definition) is 1. The van der Waals surface area contributed by atoms with Gasteiger partial charge >= 0.3 is 0 Å². The Bertz CT molecular complexity index is 895. The molecule has 0 spiro atoms. The molecule has 0 aliphatic heterocycles. The van der Waals surface area contributed by atoms with Crippen LogP contribution in [0.15, 0.2) is 36.4 Å². The van der Waals surface area contributed by atoms with E-state index >= 15 is 0 Å². The molecule has 2 aromatic carbocycles. The summed E-state index contributed by atoms with van der Waals surface area (Å²) >= 11 is 12.3. The molecule has 0 bridgehead atoms. The van der Waals surface area contributed by atoms with Crippen molar-refractivity contribution in [2.24, 2.45) is 0 Å². The van der Waals surface area contributed by atoms with E-state index in [9.17, 15) is 9.59 Å². The van der Waals surface area contributed by atoms with Crippen molar-refractivity contribution < 1.29 is 14.3 Å². The molecule has 0 heterocycles. The Hall–Kier alpha value is -2.24. The number of rotatable bonds is 8. The molecule has 2 amide bonds. The van der Waals surface area contributed by atoms with E-state index in [4.69, 9.17) is 27.9 Å². The summed E-state index contributed by atoms with van der Waals surface area (Å²) in [6.45, 7) is 9.34. The zero-order chi connectivity index (χ0) is 22.4. The Morgan fingerprint density at radius 2 is 1.67 bits per heavy atom. The van der Waals surface area contributed by atoms with Crippen molar-refractivity contribution in [1.29, 1.82) is 0 Å². The molecule has 0 aliphatic carbocycles. The standard InChI is InChI=1S/C23H28Cl2N2O3/c1-14(2)26-23(29)17(5)27(12-18-6-7-19(24)11-21(18)25)22(28)13-30-20-9-15(3)8-16(4)10-20/h6-11,14,17H,12-13H2,1-5H3,(H,26,29)/t17-/m1/s1. The lowest BCUT2D eigenvalue weighted by Gasteiger charge is -2.29. The summed E-state index contributed by atoms with van der Waals surface area (Å²) < 4.78 is 5.73. The van der Waals surface area contributed by atoms with Gasteiger partial charge in [-0.3, -0.25) is 9.59 Å². The van der Waals surface area contributed by atoms with Crippen molar-refractivity contribution in [2.75, 3.05) is 6.61 Å². The third-order valence-corrected chi connectivity index (χ3v) is 5.10. The molecule has 5 nitrogen and oxygen atoms in total. The summed E-state index contributed by atoms with van der Waals surface area (Å²) in [6.07, 6.45) is 0. The second-order valence-electron chi connectivity index (χ2n) is 7.71. The summed E-state index contributed by atoms with van der Waals surface area (Å²) in [5.41, 5.74) is 2.80. The third-order valence-electron chi connectivity index (χ3n) is 4.51. The Balaban J connectivity index is 2.22. The molecule has 2 rings (SSSR count). The van der Waals surface area contributed by atoms with Crippen LogP contribution in [-0.4, -0.2) is 35.4 Å². The van der Waals surface area contributed by atoms with Crippen LogP contribution in [0.4, 0.5) is 0 Å². The second kappa shape index (κ2) is 10.7. The number of amides is 2. The number of benzene rings is 2. The number of hydrogen-bond acceptors (Lipinski definition) is 3. The van der Waals surface area contributed by atoms with Crippen molar-refractivity contribution in [3.05, 3.63) is 63.1 Å². The quantitative estimate of drug-likeness (QED) is 0.619. The Kier molecular flexibility index (Phi) is 8.56. The SMILES string of the molecule is Cc1cc(C)cc(OCC(=O)N(Cc2ccc(Cl)cc2Cl)[C@H](C)C(=O)NC(C)C)c1. The molecule has 0 fully saturated rings. The van der Waals surface area contributed by atoms with Crippen molar-refractivity contribution in [1.82, 2.24) is 10.2 Å². The number of aryl methyl sites for hydroxylation is 2. The lowest BCUT2D eigenvalue weighted by atomic mass is 10.1. The van der Waals surface area contributed by atoms with E-state index in [1.54, 1.807) is 25.1 Å². The van der Waals surface area contributed by atoms with Gasteiger partial charge in [-0.05, 0) is 75.6 Å². The van der Waals surface area contributed by atoms with Crippen molar-refractivity contribution >= 4 is 35.0 Å². The Morgan fingerprint density at radius 1 is 1.03 bits per heavy atom. The predicted octanol–water partition coefficient (Wildman–Crippen LogP) is 4.93. The van der Waals surface area contributed by atoms with Gasteiger partial charge in [-0.15, -0.1) is 0 Å². The number of nitrogens with zero attached hydrogens (tertiary/aromatic N) is 1. The fourth-order valence-electron chi connectivity index (χ4n) is 3.07. The number of nitrogens with one attached hydrogen (secondary N) is 1. The second-order valence-corrected chi connectivity index (χ2v) is 8.55. The minimum Gasteiger partial charge on any atom is -0.484 e. The maximum absolute atomic E-state index is 13.1. The topological polar surface area (TPSA) is 58.6 Å². The van der Waals surface area contributed by atoms with Gasteiger partial charge in [0.2, 0.25) is 5.91 Å². The first-order valence-corrected chi connectivity index (χ1v) is 10.6. The monoisotopic (exact) mass is 450 g/mol. The molecule has 0 aromatic heterocycles. The largest absolute Gasteiger partial charge is 0.484 e. The van der Waals surface area contributed by atoms with Crippen LogP contribution in [0.3, 0.4) is 0 Å². The number of carbonyl (C=O) groups is 2. The maximum Gasteiger partial charge on any atom is 0.261 e. The summed E-state index contributed by atoms with van der Waals surface area (Å²) in [6, 6.07) is 10.1. The minimum absolute atomic E-state index is 0.0393. The van der Waals surface area contributed by atoms with Crippen LogP contribution < -0.4 is 10.1 Å². The Morgan fingerprint density at radius 3 is 2.23 bits per heavy atom. The van der Waals surface area contributed by atoms with E-state index in [2.05, 4.69) is 5.32 Å². The average molecular weight is 451 g/mol. The van der Waals surface area contributed by atoms with E-state index in [0.29, 0.717) is 21.4 Å². The van der Waals surface area contributed by atoms with Gasteiger partial charge in [0.1, 0.15) is 11.8 Å². The highest BCUT2D eigenvalue weighted by Crippen LogP contribution is 2.23. The predicted molar refractivity (Wildman–Crippen MR) is 121 cm³/mol. The molecule has 1 atom stereocenters. The van der Waals surface area contributed by atoms with Crippen LogP contribution >= 0.6 is 23.2 Å². The maximum atomic E-state index is 13.1. The molecule has 7 heteroatoms. The zero-order valence-corrected chi connectivity index (χ0v) is 19.5. The summed E-state index contributed by atoms with van der Waals surface area (Å²) in [5, 5.41) is 3.79. The van der Waals surface area contributed by atoms with Gasteiger partial charge in [-0.25, -0.2) is 0 Å². The van der Waals surface area contributed by atoms with Gasteiger partial charge in [-0.2, -0.15) is 0 Å². The fourth-order valence-corrected chi connectivity index (χ4v) is 3.53. The van der Waals surface area contributed by atoms with Crippen LogP contribution in [-0.2, 0) is 16.1 Å². The summed E-state index contributed by atoms with van der Waals surface area (Å²) in [4.78, 5) is 27.1. The van der Waals surface area contributed by atoms with Crippen LogP contribution in [0.2, 0.25) is 10.0 Å². The molecule has 0 radical (unpaired) electrons. The van der Waals surface area contributed by atoms with Crippen molar-refractivity contribution in [3.63, 3.8) is 0 Å². The lowest BCUT2D eigenvalue weighted by Crippen LogP contribution is -2.50.